The summed E-state index contributed by atoms with van der Waals surface area (Å²) in [5.74, 6) is -1.63. The van der Waals surface area contributed by atoms with E-state index in [9.17, 15) is 8.78 Å². The predicted molar refractivity (Wildman–Crippen MR) is 81.6 cm³/mol. The second kappa shape index (κ2) is 6.43. The van der Waals surface area contributed by atoms with Gasteiger partial charge in [0.1, 0.15) is 0 Å². The molecule has 2 aromatic rings. The van der Waals surface area contributed by atoms with E-state index in [0.29, 0.717) is 12.1 Å². The van der Waals surface area contributed by atoms with Crippen molar-refractivity contribution in [3.63, 3.8) is 0 Å². The van der Waals surface area contributed by atoms with Crippen molar-refractivity contribution in [3.05, 3.63) is 54.6 Å². The number of benzene rings is 1. The third kappa shape index (κ3) is 3.24. The van der Waals surface area contributed by atoms with E-state index in [0.717, 1.165) is 19.2 Å². The van der Waals surface area contributed by atoms with Gasteiger partial charge in [0.25, 0.3) is 0 Å². The Morgan fingerprint density at radius 1 is 1.26 bits per heavy atom. The van der Waals surface area contributed by atoms with Crippen molar-refractivity contribution >= 4 is 43.2 Å². The Bertz CT molecular complexity index is 586. The summed E-state index contributed by atoms with van der Waals surface area (Å²) in [7, 11) is 0. The van der Waals surface area contributed by atoms with E-state index in [2.05, 4.69) is 37.2 Å². The zero-order chi connectivity index (χ0) is 14.0. The molecule has 1 aromatic heterocycles. The second-order valence-electron chi connectivity index (χ2n) is 3.91. The van der Waals surface area contributed by atoms with Gasteiger partial charge in [-0.2, -0.15) is 0 Å². The quantitative estimate of drug-likeness (QED) is 0.725. The van der Waals surface area contributed by atoms with E-state index in [1.807, 2.05) is 13.0 Å². The SMILES string of the molecule is CCNC(c1cc(Br)sc1Br)c1cccc(F)c1F. The van der Waals surface area contributed by atoms with Crippen LogP contribution in [0.15, 0.2) is 31.8 Å². The molecule has 1 heterocycles. The maximum atomic E-state index is 14.0. The van der Waals surface area contributed by atoms with Crippen LogP contribution in [0.3, 0.4) is 0 Å². The molecule has 0 fully saturated rings. The topological polar surface area (TPSA) is 12.0 Å². The van der Waals surface area contributed by atoms with E-state index < -0.39 is 11.6 Å². The van der Waals surface area contributed by atoms with Crippen molar-refractivity contribution in [2.45, 2.75) is 13.0 Å². The maximum absolute atomic E-state index is 14.0. The monoisotopic (exact) mass is 409 g/mol. The van der Waals surface area contributed by atoms with Crippen LogP contribution in [-0.2, 0) is 0 Å². The fourth-order valence-electron chi connectivity index (χ4n) is 1.88. The van der Waals surface area contributed by atoms with Crippen molar-refractivity contribution in [1.29, 1.82) is 0 Å². The molecule has 0 aliphatic carbocycles. The van der Waals surface area contributed by atoms with Gasteiger partial charge in [0.05, 0.1) is 13.6 Å². The Morgan fingerprint density at radius 2 is 2.00 bits per heavy atom. The minimum absolute atomic E-state index is 0.313. The van der Waals surface area contributed by atoms with Gasteiger partial charge in [-0.25, -0.2) is 8.78 Å². The Morgan fingerprint density at radius 3 is 2.58 bits per heavy atom. The number of hydrogen-bond donors (Lipinski definition) is 1. The third-order valence-electron chi connectivity index (χ3n) is 2.69. The van der Waals surface area contributed by atoms with Crippen molar-refractivity contribution < 1.29 is 8.78 Å². The van der Waals surface area contributed by atoms with Crippen LogP contribution in [0.4, 0.5) is 8.78 Å². The van der Waals surface area contributed by atoms with Crippen molar-refractivity contribution in [3.8, 4) is 0 Å². The zero-order valence-electron chi connectivity index (χ0n) is 10.0. The highest BCUT2D eigenvalue weighted by atomic mass is 79.9. The van der Waals surface area contributed by atoms with E-state index >= 15 is 0 Å². The summed E-state index contributed by atoms with van der Waals surface area (Å²) in [6.45, 7) is 2.58. The molecule has 0 spiro atoms. The molecule has 0 bridgehead atoms. The third-order valence-corrected chi connectivity index (χ3v) is 5.08. The summed E-state index contributed by atoms with van der Waals surface area (Å²) >= 11 is 8.37. The fraction of sp³-hybridized carbons (Fsp3) is 0.231. The largest absolute Gasteiger partial charge is 0.306 e. The van der Waals surface area contributed by atoms with E-state index in [-0.39, 0.29) is 6.04 Å². The average molecular weight is 411 g/mol. The Labute approximate surface area is 131 Å². The van der Waals surface area contributed by atoms with E-state index in [1.165, 1.54) is 17.4 Å². The van der Waals surface area contributed by atoms with Crippen LogP contribution in [0, 0.1) is 11.6 Å². The van der Waals surface area contributed by atoms with Crippen LogP contribution in [0.1, 0.15) is 24.1 Å². The molecule has 0 radical (unpaired) electrons. The number of hydrogen-bond acceptors (Lipinski definition) is 2. The van der Waals surface area contributed by atoms with E-state index in [4.69, 9.17) is 0 Å². The van der Waals surface area contributed by atoms with Crippen molar-refractivity contribution in [1.82, 2.24) is 5.32 Å². The van der Waals surface area contributed by atoms with Crippen LogP contribution in [0.25, 0.3) is 0 Å². The van der Waals surface area contributed by atoms with Gasteiger partial charge < -0.3 is 5.32 Å². The molecule has 0 amide bonds. The number of nitrogens with one attached hydrogen (secondary N) is 1. The smallest absolute Gasteiger partial charge is 0.163 e. The molecule has 1 nitrogen and oxygen atoms in total. The summed E-state index contributed by atoms with van der Waals surface area (Å²) in [4.78, 5) is 0. The highest BCUT2D eigenvalue weighted by molar-refractivity contribution is 9.12. The summed E-state index contributed by atoms with van der Waals surface area (Å²) < 4.78 is 29.2. The first kappa shape index (κ1) is 15.1. The molecule has 0 saturated carbocycles. The lowest BCUT2D eigenvalue weighted by atomic mass is 10.0. The zero-order valence-corrected chi connectivity index (χ0v) is 14.0. The van der Waals surface area contributed by atoms with Gasteiger partial charge in [-0.15, -0.1) is 11.3 Å². The van der Waals surface area contributed by atoms with Crippen LogP contribution in [0.5, 0.6) is 0 Å². The van der Waals surface area contributed by atoms with Crippen LogP contribution in [0.2, 0.25) is 0 Å². The molecular weight excluding hydrogens is 400 g/mol. The molecule has 0 aliphatic heterocycles. The molecule has 0 aliphatic rings. The predicted octanol–water partition coefficient (Wildman–Crippen LogP) is 5.25. The van der Waals surface area contributed by atoms with Crippen LogP contribution < -0.4 is 5.32 Å². The Hall–Kier alpha value is -0.300. The van der Waals surface area contributed by atoms with Crippen molar-refractivity contribution in [2.24, 2.45) is 0 Å². The first-order valence-corrected chi connectivity index (χ1v) is 8.06. The highest BCUT2D eigenvalue weighted by Crippen LogP contribution is 2.38. The van der Waals surface area contributed by atoms with Gasteiger partial charge in [-0.1, -0.05) is 19.1 Å². The molecule has 6 heteroatoms. The molecule has 1 aromatic carbocycles. The average Bonchev–Trinajstić information content (AvgIpc) is 2.69. The van der Waals surface area contributed by atoms with Gasteiger partial charge in [0, 0.05) is 5.56 Å². The maximum Gasteiger partial charge on any atom is 0.163 e. The number of halogens is 4. The summed E-state index contributed by atoms with van der Waals surface area (Å²) in [6.07, 6.45) is 0. The van der Waals surface area contributed by atoms with Crippen LogP contribution in [-0.4, -0.2) is 6.54 Å². The van der Waals surface area contributed by atoms with Gasteiger partial charge in [0.2, 0.25) is 0 Å². The first-order chi connectivity index (χ1) is 9.04. The Kier molecular flexibility index (Phi) is 5.11. The minimum Gasteiger partial charge on any atom is -0.306 e. The molecule has 1 unspecified atom stereocenters. The number of rotatable bonds is 4. The summed E-state index contributed by atoms with van der Waals surface area (Å²) in [5.41, 5.74) is 1.20. The standard InChI is InChI=1S/C13H11Br2F2NS/c1-2-18-12(8-6-10(14)19-13(8)15)7-4-3-5-9(16)11(7)17/h3-6,12,18H,2H2,1H3. The highest BCUT2D eigenvalue weighted by Gasteiger charge is 2.22. The minimum atomic E-state index is -0.828. The van der Waals surface area contributed by atoms with Gasteiger partial charge in [-0.05, 0) is 56.1 Å². The van der Waals surface area contributed by atoms with Gasteiger partial charge in [-0.3, -0.25) is 0 Å². The lowest BCUT2D eigenvalue weighted by Gasteiger charge is -2.19. The normalized spacial score (nSPS) is 12.7. The molecular formula is C13H11Br2F2NS. The lowest BCUT2D eigenvalue weighted by molar-refractivity contribution is 0.483. The van der Waals surface area contributed by atoms with Crippen molar-refractivity contribution in [2.75, 3.05) is 6.54 Å². The molecule has 0 saturated heterocycles. The summed E-state index contributed by atoms with van der Waals surface area (Å²) in [6, 6.07) is 5.78. The molecule has 1 atom stereocenters. The second-order valence-corrected chi connectivity index (χ2v) is 7.66. The number of thiophene rings is 1. The molecule has 102 valence electrons. The van der Waals surface area contributed by atoms with Gasteiger partial charge >= 0.3 is 0 Å². The van der Waals surface area contributed by atoms with E-state index in [1.54, 1.807) is 6.07 Å². The molecule has 1 N–H and O–H groups in total. The van der Waals surface area contributed by atoms with Crippen LogP contribution >= 0.6 is 43.2 Å². The molecule has 2 rings (SSSR count). The fourth-order valence-corrected chi connectivity index (χ4v) is 4.79. The van der Waals surface area contributed by atoms with Gasteiger partial charge in [0.15, 0.2) is 11.6 Å². The Balaban J connectivity index is 2.51. The first-order valence-electron chi connectivity index (χ1n) is 5.66. The lowest BCUT2D eigenvalue weighted by Crippen LogP contribution is -2.23. The molecule has 19 heavy (non-hydrogen) atoms. The summed E-state index contributed by atoms with van der Waals surface area (Å²) in [5, 5.41) is 3.19.